The highest BCUT2D eigenvalue weighted by Crippen LogP contribution is 2.32. The quantitative estimate of drug-likeness (QED) is 0.536. The molecule has 1 unspecified atom stereocenters. The highest BCUT2D eigenvalue weighted by atomic mass is 32.2. The molecule has 10 heteroatoms. The van der Waals surface area contributed by atoms with Crippen molar-refractivity contribution in [2.45, 2.75) is 24.3 Å². The Morgan fingerprint density at radius 3 is 2.47 bits per heavy atom. The number of carbonyl (C=O) groups is 1. The summed E-state index contributed by atoms with van der Waals surface area (Å²) in [7, 11) is -3.97. The molecule has 3 aromatic carbocycles. The third kappa shape index (κ3) is 5.28. The van der Waals surface area contributed by atoms with E-state index in [2.05, 4.69) is 10.0 Å². The maximum atomic E-state index is 13.5. The number of ether oxygens (including phenoxy) is 2. The van der Waals surface area contributed by atoms with Gasteiger partial charge in [0.15, 0.2) is 23.1 Å². The maximum Gasteiger partial charge on any atom is 0.262 e. The van der Waals surface area contributed by atoms with Gasteiger partial charge in [-0.2, -0.15) is 0 Å². The van der Waals surface area contributed by atoms with E-state index in [0.717, 1.165) is 12.1 Å². The van der Waals surface area contributed by atoms with Gasteiger partial charge < -0.3 is 14.8 Å². The van der Waals surface area contributed by atoms with Crippen LogP contribution < -0.4 is 19.5 Å². The molecule has 1 aliphatic heterocycles. The van der Waals surface area contributed by atoms with E-state index in [-0.39, 0.29) is 16.1 Å². The third-order valence-corrected chi connectivity index (χ3v) is 6.58. The Hall–Kier alpha value is -3.66. The lowest BCUT2D eigenvalue weighted by Crippen LogP contribution is -2.27. The van der Waals surface area contributed by atoms with Crippen LogP contribution in [0.2, 0.25) is 0 Å². The first-order valence-electron chi connectivity index (χ1n) is 10.5. The molecule has 0 bridgehead atoms. The van der Waals surface area contributed by atoms with E-state index in [1.165, 1.54) is 42.5 Å². The number of hydrogen-bond acceptors (Lipinski definition) is 5. The zero-order chi connectivity index (χ0) is 24.3. The monoisotopic (exact) mass is 488 g/mol. The van der Waals surface area contributed by atoms with Gasteiger partial charge in [-0.3, -0.25) is 9.52 Å². The molecule has 1 atom stereocenters. The lowest BCUT2D eigenvalue weighted by molar-refractivity contribution is 0.0940. The number of rotatable bonds is 6. The fourth-order valence-electron chi connectivity index (χ4n) is 3.39. The summed E-state index contributed by atoms with van der Waals surface area (Å²) >= 11 is 0. The molecule has 2 N–H and O–H groups in total. The van der Waals surface area contributed by atoms with Gasteiger partial charge >= 0.3 is 0 Å². The van der Waals surface area contributed by atoms with Crippen molar-refractivity contribution in [3.63, 3.8) is 0 Å². The van der Waals surface area contributed by atoms with E-state index in [4.69, 9.17) is 9.47 Å². The molecule has 1 amide bonds. The Balaban J connectivity index is 1.49. The van der Waals surface area contributed by atoms with Crippen molar-refractivity contribution in [2.24, 2.45) is 0 Å². The molecule has 0 aromatic heterocycles. The van der Waals surface area contributed by atoms with E-state index in [1.54, 1.807) is 13.0 Å². The SMILES string of the molecule is CC(NC(=O)c1cccc(NS(=O)(=O)c2ccc3c(c2)OCCCO3)c1)c1ccc(F)c(F)c1. The van der Waals surface area contributed by atoms with E-state index < -0.39 is 33.6 Å². The van der Waals surface area contributed by atoms with Crippen LogP contribution in [0, 0.1) is 11.6 Å². The molecule has 7 nitrogen and oxygen atoms in total. The zero-order valence-electron chi connectivity index (χ0n) is 18.2. The lowest BCUT2D eigenvalue weighted by Gasteiger charge is -2.15. The normalized spacial score (nSPS) is 14.1. The van der Waals surface area contributed by atoms with Crippen molar-refractivity contribution in [3.8, 4) is 11.5 Å². The standard InChI is InChI=1S/C24H22F2N2O5S/c1-15(16-6-8-20(25)21(26)13-16)27-24(29)17-4-2-5-18(12-17)28-34(30,31)19-7-9-22-23(14-19)33-11-3-10-32-22/h2,4-9,12-15,28H,3,10-11H2,1H3,(H,27,29). The molecule has 178 valence electrons. The van der Waals surface area contributed by atoms with Crippen LogP contribution in [-0.2, 0) is 10.0 Å². The number of anilines is 1. The zero-order valence-corrected chi connectivity index (χ0v) is 19.0. The van der Waals surface area contributed by atoms with Crippen LogP contribution in [0.1, 0.15) is 35.3 Å². The lowest BCUT2D eigenvalue weighted by atomic mass is 10.1. The van der Waals surface area contributed by atoms with Gasteiger partial charge in [0.25, 0.3) is 15.9 Å². The van der Waals surface area contributed by atoms with Crippen LogP contribution in [0.3, 0.4) is 0 Å². The smallest absolute Gasteiger partial charge is 0.262 e. The molecule has 0 radical (unpaired) electrons. The fraction of sp³-hybridized carbons (Fsp3) is 0.208. The van der Waals surface area contributed by atoms with Gasteiger partial charge in [-0.05, 0) is 55.0 Å². The van der Waals surface area contributed by atoms with Gasteiger partial charge in [0.2, 0.25) is 0 Å². The number of amides is 1. The molecule has 3 aromatic rings. The Morgan fingerprint density at radius 2 is 1.71 bits per heavy atom. The van der Waals surface area contributed by atoms with Crippen molar-refractivity contribution < 1.29 is 31.5 Å². The van der Waals surface area contributed by atoms with E-state index in [1.807, 2.05) is 0 Å². The molecular weight excluding hydrogens is 466 g/mol. The van der Waals surface area contributed by atoms with Gasteiger partial charge in [-0.25, -0.2) is 17.2 Å². The first kappa shape index (κ1) is 23.5. The summed E-state index contributed by atoms with van der Waals surface area (Å²) < 4.78 is 66.0. The molecule has 0 saturated heterocycles. The van der Waals surface area contributed by atoms with Gasteiger partial charge in [0.05, 0.1) is 24.2 Å². The van der Waals surface area contributed by atoms with Gasteiger partial charge in [0.1, 0.15) is 0 Å². The largest absolute Gasteiger partial charge is 0.490 e. The molecular formula is C24H22F2N2O5S. The van der Waals surface area contributed by atoms with E-state index >= 15 is 0 Å². The number of sulfonamides is 1. The molecule has 0 fully saturated rings. The highest BCUT2D eigenvalue weighted by Gasteiger charge is 2.20. The predicted octanol–water partition coefficient (Wildman–Crippen LogP) is 4.42. The Kier molecular flexibility index (Phi) is 6.69. The summed E-state index contributed by atoms with van der Waals surface area (Å²) in [6, 6.07) is 13.1. The molecule has 1 heterocycles. The molecule has 0 aliphatic carbocycles. The van der Waals surface area contributed by atoms with Crippen molar-refractivity contribution in [1.82, 2.24) is 5.32 Å². The number of benzene rings is 3. The van der Waals surface area contributed by atoms with Crippen molar-refractivity contribution in [3.05, 3.63) is 83.4 Å². The average molecular weight is 489 g/mol. The highest BCUT2D eigenvalue weighted by molar-refractivity contribution is 7.92. The molecule has 4 rings (SSSR count). The summed E-state index contributed by atoms with van der Waals surface area (Å²) in [5.74, 6) is -1.67. The molecule has 1 aliphatic rings. The van der Waals surface area contributed by atoms with Crippen LogP contribution in [0.25, 0.3) is 0 Å². The minimum atomic E-state index is -3.97. The first-order chi connectivity index (χ1) is 16.2. The van der Waals surface area contributed by atoms with Gasteiger partial charge in [0, 0.05) is 23.7 Å². The average Bonchev–Trinajstić information content (AvgIpc) is 3.05. The number of nitrogens with one attached hydrogen (secondary N) is 2. The maximum absolute atomic E-state index is 13.5. The first-order valence-corrected chi connectivity index (χ1v) is 12.0. The van der Waals surface area contributed by atoms with Gasteiger partial charge in [-0.15, -0.1) is 0 Å². The number of halogens is 2. The predicted molar refractivity (Wildman–Crippen MR) is 122 cm³/mol. The second-order valence-corrected chi connectivity index (χ2v) is 9.40. The summed E-state index contributed by atoms with van der Waals surface area (Å²) in [6.07, 6.45) is 0.693. The second-order valence-electron chi connectivity index (χ2n) is 7.71. The second kappa shape index (κ2) is 9.68. The Morgan fingerprint density at radius 1 is 0.941 bits per heavy atom. The Bertz CT molecular complexity index is 1330. The summed E-state index contributed by atoms with van der Waals surface area (Å²) in [6.45, 7) is 2.53. The van der Waals surface area contributed by atoms with Crippen LogP contribution in [0.15, 0.2) is 65.6 Å². The molecule has 0 saturated carbocycles. The minimum absolute atomic E-state index is 0.0152. The summed E-state index contributed by atoms with van der Waals surface area (Å²) in [5.41, 5.74) is 0.757. The fourth-order valence-corrected chi connectivity index (χ4v) is 4.46. The van der Waals surface area contributed by atoms with Crippen molar-refractivity contribution in [1.29, 1.82) is 0 Å². The van der Waals surface area contributed by atoms with Crippen molar-refractivity contribution >= 4 is 21.6 Å². The van der Waals surface area contributed by atoms with E-state index in [0.29, 0.717) is 36.7 Å². The number of carbonyl (C=O) groups excluding carboxylic acids is 1. The minimum Gasteiger partial charge on any atom is -0.490 e. The molecule has 0 spiro atoms. The van der Waals surface area contributed by atoms with Crippen LogP contribution in [-0.4, -0.2) is 27.5 Å². The number of fused-ring (bicyclic) bond motifs is 1. The summed E-state index contributed by atoms with van der Waals surface area (Å²) in [4.78, 5) is 12.7. The Labute approximate surface area is 195 Å². The van der Waals surface area contributed by atoms with Gasteiger partial charge in [-0.1, -0.05) is 12.1 Å². The van der Waals surface area contributed by atoms with E-state index in [9.17, 15) is 22.0 Å². The number of hydrogen-bond donors (Lipinski definition) is 2. The molecule has 34 heavy (non-hydrogen) atoms. The van der Waals surface area contributed by atoms with Crippen LogP contribution in [0.5, 0.6) is 11.5 Å². The van der Waals surface area contributed by atoms with Crippen LogP contribution >= 0.6 is 0 Å². The van der Waals surface area contributed by atoms with Crippen LogP contribution in [0.4, 0.5) is 14.5 Å². The third-order valence-electron chi connectivity index (χ3n) is 5.20. The summed E-state index contributed by atoms with van der Waals surface area (Å²) in [5, 5.41) is 2.69. The topological polar surface area (TPSA) is 93.7 Å². The van der Waals surface area contributed by atoms with Crippen molar-refractivity contribution in [2.75, 3.05) is 17.9 Å².